The van der Waals surface area contributed by atoms with E-state index in [1.165, 1.54) is 7.11 Å². The van der Waals surface area contributed by atoms with Crippen molar-refractivity contribution in [1.29, 1.82) is 0 Å². The minimum absolute atomic E-state index is 0.201. The van der Waals surface area contributed by atoms with Gasteiger partial charge in [0.1, 0.15) is 11.0 Å². The molecule has 0 aliphatic carbocycles. The average Bonchev–Trinajstić information content (AvgIpc) is 3.12. The molecule has 0 unspecified atom stereocenters. The predicted molar refractivity (Wildman–Crippen MR) is 122 cm³/mol. The lowest BCUT2D eigenvalue weighted by Gasteiger charge is -2.32. The Bertz CT molecular complexity index is 1120. The predicted octanol–water partition coefficient (Wildman–Crippen LogP) is 4.04. The smallest absolute Gasteiger partial charge is 0.337 e. The molecule has 3 aromatic rings. The Morgan fingerprint density at radius 3 is 2.69 bits per heavy atom. The Morgan fingerprint density at radius 2 is 2.00 bits per heavy atom. The summed E-state index contributed by atoms with van der Waals surface area (Å²) < 4.78 is 12.8. The molecule has 4 heterocycles. The molecule has 0 bridgehead atoms. The molecule has 0 spiro atoms. The standard InChI is InChI=1S/C24H27ClN4O3/c1-31-24(30)17-5-6-20-21(13-17)29(14-18-9-12-32-18)23(27-20)15-28-10-7-16(8-11-28)19-3-2-4-22(25)26-19/h2-6,13,16,18H,7-12,14-15H2,1H3/t18-/m0/s1. The molecule has 2 fully saturated rings. The molecule has 0 N–H and O–H groups in total. The van der Waals surface area contributed by atoms with Crippen molar-refractivity contribution in [2.24, 2.45) is 0 Å². The van der Waals surface area contributed by atoms with E-state index in [2.05, 4.69) is 20.5 Å². The van der Waals surface area contributed by atoms with E-state index in [1.54, 1.807) is 6.07 Å². The first kappa shape index (κ1) is 21.4. The fourth-order valence-electron chi connectivity index (χ4n) is 4.61. The highest BCUT2D eigenvalue weighted by Crippen LogP contribution is 2.29. The van der Waals surface area contributed by atoms with Crippen LogP contribution in [0.2, 0.25) is 5.15 Å². The highest BCUT2D eigenvalue weighted by molar-refractivity contribution is 6.29. The first-order chi connectivity index (χ1) is 15.6. The van der Waals surface area contributed by atoms with Gasteiger partial charge in [0.25, 0.3) is 0 Å². The van der Waals surface area contributed by atoms with Gasteiger partial charge in [0.05, 0.1) is 42.9 Å². The molecule has 1 atom stereocenters. The third kappa shape index (κ3) is 4.37. The summed E-state index contributed by atoms with van der Waals surface area (Å²) >= 11 is 6.08. The van der Waals surface area contributed by atoms with Gasteiger partial charge in [0.15, 0.2) is 0 Å². The number of carbonyl (C=O) groups excluding carboxylic acids is 1. The number of hydrogen-bond donors (Lipinski definition) is 0. The number of methoxy groups -OCH3 is 1. The summed E-state index contributed by atoms with van der Waals surface area (Å²) in [4.78, 5) is 23.9. The lowest BCUT2D eigenvalue weighted by Crippen LogP contribution is -2.35. The maximum Gasteiger partial charge on any atom is 0.337 e. The number of fused-ring (bicyclic) bond motifs is 1. The number of halogens is 1. The van der Waals surface area contributed by atoms with E-state index in [0.717, 1.165) is 74.6 Å². The number of aromatic nitrogens is 3. The first-order valence-electron chi connectivity index (χ1n) is 11.1. The summed E-state index contributed by atoms with van der Waals surface area (Å²) in [5.74, 6) is 1.12. The fraction of sp³-hybridized carbons (Fsp3) is 0.458. The van der Waals surface area contributed by atoms with Gasteiger partial charge in [-0.1, -0.05) is 17.7 Å². The normalized spacial score (nSPS) is 19.8. The van der Waals surface area contributed by atoms with Crippen LogP contribution in [0.3, 0.4) is 0 Å². The van der Waals surface area contributed by atoms with E-state index >= 15 is 0 Å². The van der Waals surface area contributed by atoms with Crippen molar-refractivity contribution in [2.45, 2.75) is 44.4 Å². The molecule has 5 rings (SSSR count). The number of nitrogens with zero attached hydrogens (tertiary/aromatic N) is 4. The van der Waals surface area contributed by atoms with E-state index in [-0.39, 0.29) is 12.1 Å². The second kappa shape index (κ2) is 9.17. The molecule has 8 heteroatoms. The van der Waals surface area contributed by atoms with Gasteiger partial charge in [0, 0.05) is 18.2 Å². The molecule has 168 valence electrons. The number of pyridine rings is 1. The van der Waals surface area contributed by atoms with E-state index < -0.39 is 0 Å². The van der Waals surface area contributed by atoms with Crippen LogP contribution in [0.4, 0.5) is 0 Å². The minimum Gasteiger partial charge on any atom is -0.465 e. The van der Waals surface area contributed by atoms with Crippen molar-refractivity contribution in [2.75, 3.05) is 26.8 Å². The largest absolute Gasteiger partial charge is 0.465 e. The summed E-state index contributed by atoms with van der Waals surface area (Å²) in [6, 6.07) is 11.4. The van der Waals surface area contributed by atoms with Gasteiger partial charge in [-0.25, -0.2) is 14.8 Å². The van der Waals surface area contributed by atoms with E-state index in [1.807, 2.05) is 24.3 Å². The van der Waals surface area contributed by atoms with Crippen molar-refractivity contribution in [3.63, 3.8) is 0 Å². The number of hydrogen-bond acceptors (Lipinski definition) is 6. The molecular weight excluding hydrogens is 428 g/mol. The number of esters is 1. The Hall–Kier alpha value is -2.48. The molecule has 0 amide bonds. The second-order valence-electron chi connectivity index (χ2n) is 8.55. The van der Waals surface area contributed by atoms with Gasteiger partial charge >= 0.3 is 5.97 Å². The lowest BCUT2D eigenvalue weighted by molar-refractivity contribution is -0.0592. The third-order valence-electron chi connectivity index (χ3n) is 6.54. The van der Waals surface area contributed by atoms with E-state index in [9.17, 15) is 4.79 Å². The Kier molecular flexibility index (Phi) is 6.13. The molecule has 2 aliphatic rings. The third-order valence-corrected chi connectivity index (χ3v) is 6.75. The molecule has 1 aromatic carbocycles. The topological polar surface area (TPSA) is 69.5 Å². The van der Waals surface area contributed by atoms with Crippen molar-refractivity contribution in [3.05, 3.63) is 58.6 Å². The van der Waals surface area contributed by atoms with Crippen molar-refractivity contribution >= 4 is 28.6 Å². The summed E-state index contributed by atoms with van der Waals surface area (Å²) in [7, 11) is 1.40. The molecule has 0 saturated carbocycles. The van der Waals surface area contributed by atoms with Crippen LogP contribution in [0.5, 0.6) is 0 Å². The van der Waals surface area contributed by atoms with Gasteiger partial charge in [-0.05, 0) is 62.7 Å². The highest BCUT2D eigenvalue weighted by atomic mass is 35.5. The Labute approximate surface area is 192 Å². The van der Waals surface area contributed by atoms with Gasteiger partial charge in [-0.3, -0.25) is 4.90 Å². The molecule has 2 saturated heterocycles. The number of likely N-dealkylation sites (tertiary alicyclic amines) is 1. The van der Waals surface area contributed by atoms with Crippen LogP contribution in [0.1, 0.15) is 47.1 Å². The molecule has 0 radical (unpaired) electrons. The highest BCUT2D eigenvalue weighted by Gasteiger charge is 2.26. The maximum atomic E-state index is 12.1. The summed E-state index contributed by atoms with van der Waals surface area (Å²) in [5, 5.41) is 0.559. The Morgan fingerprint density at radius 1 is 1.19 bits per heavy atom. The monoisotopic (exact) mass is 454 g/mol. The zero-order chi connectivity index (χ0) is 22.1. The summed E-state index contributed by atoms with van der Waals surface area (Å²) in [5.41, 5.74) is 3.47. The van der Waals surface area contributed by atoms with Crippen molar-refractivity contribution in [1.82, 2.24) is 19.4 Å². The second-order valence-corrected chi connectivity index (χ2v) is 8.94. The number of carbonyl (C=O) groups is 1. The molecule has 7 nitrogen and oxygen atoms in total. The van der Waals surface area contributed by atoms with Crippen LogP contribution >= 0.6 is 11.6 Å². The van der Waals surface area contributed by atoms with Crippen LogP contribution < -0.4 is 0 Å². The number of benzene rings is 1. The quantitative estimate of drug-likeness (QED) is 0.413. The number of piperidine rings is 1. The molecule has 2 aromatic heterocycles. The van der Waals surface area contributed by atoms with Gasteiger partial charge in [-0.15, -0.1) is 0 Å². The van der Waals surface area contributed by atoms with Crippen LogP contribution in [0, 0.1) is 0 Å². The summed E-state index contributed by atoms with van der Waals surface area (Å²) in [6.45, 7) is 4.29. The first-order valence-corrected chi connectivity index (χ1v) is 11.5. The van der Waals surface area contributed by atoms with E-state index in [4.69, 9.17) is 26.1 Å². The minimum atomic E-state index is -0.335. The van der Waals surface area contributed by atoms with Gasteiger partial charge in [0.2, 0.25) is 0 Å². The average molecular weight is 455 g/mol. The van der Waals surface area contributed by atoms with Crippen molar-refractivity contribution < 1.29 is 14.3 Å². The lowest BCUT2D eigenvalue weighted by atomic mass is 9.93. The number of imidazole rings is 1. The molecular formula is C24H27ClN4O3. The zero-order valence-electron chi connectivity index (χ0n) is 18.2. The van der Waals surface area contributed by atoms with E-state index in [0.29, 0.717) is 16.6 Å². The fourth-order valence-corrected chi connectivity index (χ4v) is 4.78. The van der Waals surface area contributed by atoms with Crippen LogP contribution in [-0.4, -0.2) is 58.3 Å². The Balaban J connectivity index is 1.35. The maximum absolute atomic E-state index is 12.1. The van der Waals surface area contributed by atoms with Gasteiger partial charge < -0.3 is 14.0 Å². The molecule has 2 aliphatic heterocycles. The summed E-state index contributed by atoms with van der Waals surface area (Å²) in [6.07, 6.45) is 3.35. The zero-order valence-corrected chi connectivity index (χ0v) is 18.9. The van der Waals surface area contributed by atoms with Crippen molar-refractivity contribution in [3.8, 4) is 0 Å². The number of ether oxygens (including phenoxy) is 2. The number of rotatable bonds is 6. The van der Waals surface area contributed by atoms with Crippen LogP contribution in [0.25, 0.3) is 11.0 Å². The molecule has 32 heavy (non-hydrogen) atoms. The van der Waals surface area contributed by atoms with Crippen LogP contribution in [-0.2, 0) is 22.6 Å². The van der Waals surface area contributed by atoms with Crippen LogP contribution in [0.15, 0.2) is 36.4 Å². The van der Waals surface area contributed by atoms with Gasteiger partial charge in [-0.2, -0.15) is 0 Å². The SMILES string of the molecule is COC(=O)c1ccc2nc(CN3CCC(c4cccc(Cl)n4)CC3)n(C[C@@H]3CCO3)c2c1.